The zero-order valence-electron chi connectivity index (χ0n) is 20.0. The normalized spacial score (nSPS) is 28.9. The summed E-state index contributed by atoms with van der Waals surface area (Å²) >= 11 is 3.38. The zero-order valence-corrected chi connectivity index (χ0v) is 21.5. The summed E-state index contributed by atoms with van der Waals surface area (Å²) in [6.07, 6.45) is 10.6. The molecule has 4 aliphatic carbocycles. The lowest BCUT2D eigenvalue weighted by Crippen LogP contribution is -2.60. The summed E-state index contributed by atoms with van der Waals surface area (Å²) in [5, 5.41) is 19.0. The Kier molecular flexibility index (Phi) is 4.96. The monoisotopic (exact) mass is 541 g/mol. The van der Waals surface area contributed by atoms with Crippen LogP contribution in [0.15, 0.2) is 23.5 Å². The second-order valence-electron chi connectivity index (χ2n) is 10.6. The Morgan fingerprint density at radius 2 is 1.71 bits per heavy atom. The van der Waals surface area contributed by atoms with Crippen molar-refractivity contribution in [2.45, 2.75) is 51.0 Å². The Labute approximate surface area is 210 Å². The number of halogens is 1. The lowest BCUT2D eigenvalue weighted by atomic mass is 9.46. The van der Waals surface area contributed by atoms with Crippen molar-refractivity contribution < 1.29 is 9.59 Å². The summed E-state index contributed by atoms with van der Waals surface area (Å²) in [4.78, 5) is 31.4. The van der Waals surface area contributed by atoms with E-state index in [-0.39, 0.29) is 17.4 Å². The minimum absolute atomic E-state index is 0.0326. The van der Waals surface area contributed by atoms with Gasteiger partial charge in [-0.2, -0.15) is 10.2 Å². The standard InChI is InChI=1S/C23H28BrN9O2/c1-13-16(9-26-31(13)2)28-19(34)18-17(10-27-32(18)3)29-20(35)22-5-14-4-15(6-22)8-23(7-14,11-22)33-12-25-21(24)30-33/h9-10,12,14-15H,4-8,11H2,1-3H3,(H,28,34)(H,29,35). The van der Waals surface area contributed by atoms with Gasteiger partial charge in [-0.3, -0.25) is 19.0 Å². The van der Waals surface area contributed by atoms with E-state index < -0.39 is 5.41 Å². The fraction of sp³-hybridized carbons (Fsp3) is 0.565. The molecule has 2 N–H and O–H groups in total. The van der Waals surface area contributed by atoms with Crippen LogP contribution in [0.1, 0.15) is 54.7 Å². The highest BCUT2D eigenvalue weighted by Gasteiger charge is 2.61. The topological polar surface area (TPSA) is 125 Å². The first-order valence-corrected chi connectivity index (χ1v) is 12.7. The van der Waals surface area contributed by atoms with Crippen LogP contribution in [0, 0.1) is 24.2 Å². The third-order valence-corrected chi connectivity index (χ3v) is 8.71. The van der Waals surface area contributed by atoms with Gasteiger partial charge in [0.05, 0.1) is 40.4 Å². The Morgan fingerprint density at radius 1 is 1.03 bits per heavy atom. The molecular formula is C23H28BrN9O2. The number of anilines is 2. The van der Waals surface area contributed by atoms with Crippen LogP contribution in [0.4, 0.5) is 11.4 Å². The molecule has 11 nitrogen and oxygen atoms in total. The molecule has 7 rings (SSSR count). The fourth-order valence-corrected chi connectivity index (χ4v) is 7.34. The zero-order chi connectivity index (χ0) is 24.5. The van der Waals surface area contributed by atoms with E-state index in [1.165, 1.54) is 4.68 Å². The predicted molar refractivity (Wildman–Crippen MR) is 131 cm³/mol. The van der Waals surface area contributed by atoms with Crippen molar-refractivity contribution >= 4 is 39.1 Å². The van der Waals surface area contributed by atoms with Crippen molar-refractivity contribution in [3.63, 3.8) is 0 Å². The van der Waals surface area contributed by atoms with Gasteiger partial charge in [-0.25, -0.2) is 9.67 Å². The number of nitrogens with zero attached hydrogens (tertiary/aromatic N) is 7. The highest BCUT2D eigenvalue weighted by molar-refractivity contribution is 9.10. The first kappa shape index (κ1) is 22.4. The molecule has 4 bridgehead atoms. The maximum absolute atomic E-state index is 13.9. The third kappa shape index (κ3) is 3.52. The molecule has 35 heavy (non-hydrogen) atoms. The summed E-state index contributed by atoms with van der Waals surface area (Å²) in [7, 11) is 3.51. The number of carbonyl (C=O) groups excluding carboxylic acids is 2. The molecule has 3 aromatic rings. The maximum Gasteiger partial charge on any atom is 0.276 e. The van der Waals surface area contributed by atoms with Crippen LogP contribution in [0.3, 0.4) is 0 Å². The summed E-state index contributed by atoms with van der Waals surface area (Å²) in [6.45, 7) is 1.88. The Hall–Kier alpha value is -3.02. The molecule has 2 atom stereocenters. The second-order valence-corrected chi connectivity index (χ2v) is 11.3. The number of rotatable bonds is 5. The van der Waals surface area contributed by atoms with E-state index in [0.717, 1.165) is 44.2 Å². The molecule has 4 aliphatic rings. The Bertz CT molecular complexity index is 1320. The summed E-state index contributed by atoms with van der Waals surface area (Å²) in [6, 6.07) is 0. The van der Waals surface area contributed by atoms with E-state index in [1.54, 1.807) is 30.5 Å². The number of aromatic nitrogens is 7. The lowest BCUT2D eigenvalue weighted by Gasteiger charge is -2.60. The van der Waals surface area contributed by atoms with Gasteiger partial charge in [0, 0.05) is 14.1 Å². The second kappa shape index (κ2) is 7.74. The molecular weight excluding hydrogens is 514 g/mol. The minimum atomic E-state index is -0.494. The summed E-state index contributed by atoms with van der Waals surface area (Å²) < 4.78 is 5.74. The molecule has 4 saturated carbocycles. The molecule has 0 aliphatic heterocycles. The number of hydrogen-bond donors (Lipinski definition) is 2. The Morgan fingerprint density at radius 3 is 2.34 bits per heavy atom. The van der Waals surface area contributed by atoms with E-state index in [9.17, 15) is 9.59 Å². The largest absolute Gasteiger partial charge is 0.322 e. The molecule has 0 aromatic carbocycles. The van der Waals surface area contributed by atoms with Gasteiger partial charge in [0.15, 0.2) is 0 Å². The van der Waals surface area contributed by atoms with Crippen molar-refractivity contribution in [2.75, 3.05) is 10.6 Å². The maximum atomic E-state index is 13.9. The molecule has 12 heteroatoms. The summed E-state index contributed by atoms with van der Waals surface area (Å²) in [5.74, 6) is 0.589. The van der Waals surface area contributed by atoms with Gasteiger partial charge < -0.3 is 10.6 Å². The molecule has 4 fully saturated rings. The van der Waals surface area contributed by atoms with Crippen molar-refractivity contribution in [3.05, 3.63) is 34.8 Å². The first-order valence-electron chi connectivity index (χ1n) is 11.9. The van der Waals surface area contributed by atoms with Crippen LogP contribution >= 0.6 is 15.9 Å². The van der Waals surface area contributed by atoms with Crippen molar-refractivity contribution in [2.24, 2.45) is 31.3 Å². The lowest BCUT2D eigenvalue weighted by molar-refractivity contribution is -0.150. The number of carbonyl (C=O) groups is 2. The number of amides is 2. The van der Waals surface area contributed by atoms with Gasteiger partial charge in [0.1, 0.15) is 12.0 Å². The van der Waals surface area contributed by atoms with Crippen LogP contribution in [-0.4, -0.2) is 46.1 Å². The number of aryl methyl sites for hydroxylation is 2. The van der Waals surface area contributed by atoms with E-state index >= 15 is 0 Å². The molecule has 3 aromatic heterocycles. The predicted octanol–water partition coefficient (Wildman–Crippen LogP) is 3.00. The molecule has 3 heterocycles. The van der Waals surface area contributed by atoms with Crippen LogP contribution in [0.5, 0.6) is 0 Å². The van der Waals surface area contributed by atoms with Crippen LogP contribution in [-0.2, 0) is 24.4 Å². The molecule has 2 amide bonds. The molecule has 0 radical (unpaired) electrons. The molecule has 2 unspecified atom stereocenters. The van der Waals surface area contributed by atoms with Crippen LogP contribution in [0.25, 0.3) is 0 Å². The molecule has 0 saturated heterocycles. The van der Waals surface area contributed by atoms with E-state index in [2.05, 4.69) is 46.8 Å². The van der Waals surface area contributed by atoms with Gasteiger partial charge in [-0.1, -0.05) is 0 Å². The van der Waals surface area contributed by atoms with Crippen molar-refractivity contribution in [1.29, 1.82) is 0 Å². The highest BCUT2D eigenvalue weighted by atomic mass is 79.9. The quantitative estimate of drug-likeness (QED) is 0.511. The molecule has 184 valence electrons. The number of hydrogen-bond acceptors (Lipinski definition) is 6. The smallest absolute Gasteiger partial charge is 0.276 e. The third-order valence-electron chi connectivity index (χ3n) is 8.35. The van der Waals surface area contributed by atoms with Crippen molar-refractivity contribution in [1.82, 2.24) is 34.3 Å². The van der Waals surface area contributed by atoms with Gasteiger partial charge in [0.25, 0.3) is 5.91 Å². The average molecular weight is 542 g/mol. The first-order chi connectivity index (χ1) is 16.7. The summed E-state index contributed by atoms with van der Waals surface area (Å²) in [5.41, 5.74) is 1.51. The fourth-order valence-electron chi connectivity index (χ4n) is 7.08. The van der Waals surface area contributed by atoms with Crippen LogP contribution < -0.4 is 10.6 Å². The Balaban J connectivity index is 1.27. The highest BCUT2D eigenvalue weighted by Crippen LogP contribution is 2.64. The van der Waals surface area contributed by atoms with E-state index in [0.29, 0.717) is 33.6 Å². The average Bonchev–Trinajstić information content (AvgIpc) is 3.48. The van der Waals surface area contributed by atoms with Gasteiger partial charge >= 0.3 is 0 Å². The molecule has 0 spiro atoms. The SMILES string of the molecule is Cc1c(NC(=O)c2c(NC(=O)C34CC5CC(C3)CC(n3cnc(Br)n3)(C5)C4)cnn2C)cnn1C. The minimum Gasteiger partial charge on any atom is -0.322 e. The number of nitrogens with one attached hydrogen (secondary N) is 2. The van der Waals surface area contributed by atoms with Crippen molar-refractivity contribution in [3.8, 4) is 0 Å². The van der Waals surface area contributed by atoms with E-state index in [4.69, 9.17) is 0 Å². The van der Waals surface area contributed by atoms with E-state index in [1.807, 2.05) is 18.7 Å². The van der Waals surface area contributed by atoms with Gasteiger partial charge in [-0.15, -0.1) is 5.10 Å². The van der Waals surface area contributed by atoms with Crippen LogP contribution in [0.2, 0.25) is 0 Å². The van der Waals surface area contributed by atoms with Gasteiger partial charge in [0.2, 0.25) is 10.6 Å². The van der Waals surface area contributed by atoms with Gasteiger partial charge in [-0.05, 0) is 73.2 Å².